The van der Waals surface area contributed by atoms with Gasteiger partial charge >= 0.3 is 0 Å². The SMILES string of the molecule is c1coc(-c2cncnc2)c1. The minimum absolute atomic E-state index is 0.797. The van der Waals surface area contributed by atoms with E-state index in [4.69, 9.17) is 4.42 Å². The van der Waals surface area contributed by atoms with Crippen LogP contribution in [0.3, 0.4) is 0 Å². The molecule has 0 N–H and O–H groups in total. The average molecular weight is 146 g/mol. The van der Waals surface area contributed by atoms with Crippen molar-refractivity contribution in [2.45, 2.75) is 0 Å². The zero-order valence-corrected chi connectivity index (χ0v) is 5.77. The Bertz CT molecular complexity index is 315. The molecule has 0 saturated carbocycles. The maximum Gasteiger partial charge on any atom is 0.136 e. The lowest BCUT2D eigenvalue weighted by Crippen LogP contribution is -1.78. The lowest BCUT2D eigenvalue weighted by Gasteiger charge is -1.91. The maximum absolute atomic E-state index is 5.14. The summed E-state index contributed by atoms with van der Waals surface area (Å²) in [6.07, 6.45) is 6.55. The van der Waals surface area contributed by atoms with Crippen molar-refractivity contribution in [3.05, 3.63) is 37.1 Å². The third kappa shape index (κ3) is 1.12. The Morgan fingerprint density at radius 1 is 1.18 bits per heavy atom. The molecule has 54 valence electrons. The summed E-state index contributed by atoms with van der Waals surface area (Å²) in [5.41, 5.74) is 0.900. The molecule has 0 aliphatic heterocycles. The Morgan fingerprint density at radius 2 is 2.00 bits per heavy atom. The van der Waals surface area contributed by atoms with Gasteiger partial charge in [0.1, 0.15) is 12.1 Å². The second-order valence-electron chi connectivity index (χ2n) is 2.10. The van der Waals surface area contributed by atoms with E-state index in [1.807, 2.05) is 12.1 Å². The normalized spacial score (nSPS) is 9.82. The molecule has 0 unspecified atom stereocenters. The van der Waals surface area contributed by atoms with Crippen LogP contribution >= 0.6 is 0 Å². The average Bonchev–Trinajstić information content (AvgIpc) is 2.58. The van der Waals surface area contributed by atoms with E-state index in [2.05, 4.69) is 9.97 Å². The minimum atomic E-state index is 0.797. The highest BCUT2D eigenvalue weighted by atomic mass is 16.3. The molecule has 11 heavy (non-hydrogen) atoms. The molecule has 0 saturated heterocycles. The largest absolute Gasteiger partial charge is 0.464 e. The lowest BCUT2D eigenvalue weighted by atomic mass is 10.3. The summed E-state index contributed by atoms with van der Waals surface area (Å²) in [7, 11) is 0. The van der Waals surface area contributed by atoms with E-state index in [1.165, 1.54) is 6.33 Å². The summed E-state index contributed by atoms with van der Waals surface area (Å²) in [6, 6.07) is 3.71. The van der Waals surface area contributed by atoms with Gasteiger partial charge in [-0.25, -0.2) is 9.97 Å². The number of rotatable bonds is 1. The fourth-order valence-electron chi connectivity index (χ4n) is 0.869. The van der Waals surface area contributed by atoms with Crippen LogP contribution in [-0.4, -0.2) is 9.97 Å². The molecular weight excluding hydrogens is 140 g/mol. The van der Waals surface area contributed by atoms with Gasteiger partial charge in [-0.05, 0) is 12.1 Å². The molecule has 0 radical (unpaired) electrons. The fourth-order valence-corrected chi connectivity index (χ4v) is 0.869. The van der Waals surface area contributed by atoms with Crippen molar-refractivity contribution in [2.75, 3.05) is 0 Å². The molecule has 0 spiro atoms. The van der Waals surface area contributed by atoms with E-state index < -0.39 is 0 Å². The number of furan rings is 1. The monoisotopic (exact) mass is 146 g/mol. The van der Waals surface area contributed by atoms with Crippen molar-refractivity contribution < 1.29 is 4.42 Å². The van der Waals surface area contributed by atoms with Crippen molar-refractivity contribution in [2.24, 2.45) is 0 Å². The van der Waals surface area contributed by atoms with Crippen molar-refractivity contribution in [1.29, 1.82) is 0 Å². The molecule has 0 amide bonds. The zero-order valence-electron chi connectivity index (χ0n) is 5.77. The van der Waals surface area contributed by atoms with E-state index >= 15 is 0 Å². The highest BCUT2D eigenvalue weighted by Gasteiger charge is 1.97. The molecule has 0 aliphatic carbocycles. The topological polar surface area (TPSA) is 38.9 Å². The van der Waals surface area contributed by atoms with E-state index in [-0.39, 0.29) is 0 Å². The van der Waals surface area contributed by atoms with Gasteiger partial charge in [0.15, 0.2) is 0 Å². The molecule has 2 aromatic rings. The van der Waals surface area contributed by atoms with Crippen LogP contribution in [0.1, 0.15) is 0 Å². The van der Waals surface area contributed by atoms with E-state index in [0.29, 0.717) is 0 Å². The molecular formula is C8H6N2O. The Morgan fingerprint density at radius 3 is 2.64 bits per heavy atom. The zero-order chi connectivity index (χ0) is 7.52. The van der Waals surface area contributed by atoms with Crippen LogP contribution in [0.25, 0.3) is 11.3 Å². The molecule has 0 atom stereocenters. The van der Waals surface area contributed by atoms with Crippen LogP contribution in [0, 0.1) is 0 Å². The lowest BCUT2D eigenvalue weighted by molar-refractivity contribution is 0.581. The van der Waals surface area contributed by atoms with Crippen LogP contribution < -0.4 is 0 Å². The van der Waals surface area contributed by atoms with Crippen LogP contribution in [0.15, 0.2) is 41.5 Å². The first-order valence-corrected chi connectivity index (χ1v) is 3.26. The van der Waals surface area contributed by atoms with Crippen molar-refractivity contribution in [1.82, 2.24) is 9.97 Å². The highest BCUT2D eigenvalue weighted by Crippen LogP contribution is 2.16. The molecule has 2 heterocycles. The van der Waals surface area contributed by atoms with Crippen molar-refractivity contribution in [3.8, 4) is 11.3 Å². The number of nitrogens with zero attached hydrogens (tertiary/aromatic N) is 2. The van der Waals surface area contributed by atoms with Crippen molar-refractivity contribution >= 4 is 0 Å². The van der Waals surface area contributed by atoms with E-state index in [9.17, 15) is 0 Å². The summed E-state index contributed by atoms with van der Waals surface area (Å²) >= 11 is 0. The van der Waals surface area contributed by atoms with Gasteiger partial charge in [0.2, 0.25) is 0 Å². The Balaban J connectivity index is 2.46. The maximum atomic E-state index is 5.14. The fraction of sp³-hybridized carbons (Fsp3) is 0. The first-order chi connectivity index (χ1) is 5.47. The molecule has 0 fully saturated rings. The smallest absolute Gasteiger partial charge is 0.136 e. The molecule has 0 aliphatic rings. The first-order valence-electron chi connectivity index (χ1n) is 3.26. The van der Waals surface area contributed by atoms with E-state index in [0.717, 1.165) is 11.3 Å². The van der Waals surface area contributed by atoms with E-state index in [1.54, 1.807) is 18.7 Å². The Labute approximate surface area is 63.7 Å². The molecule has 3 nitrogen and oxygen atoms in total. The third-order valence-corrected chi connectivity index (χ3v) is 1.37. The molecule has 3 heteroatoms. The van der Waals surface area contributed by atoms with Crippen molar-refractivity contribution in [3.63, 3.8) is 0 Å². The molecule has 2 rings (SSSR count). The summed E-state index contributed by atoms with van der Waals surface area (Å²) in [5.74, 6) is 0.797. The standard InChI is InChI=1S/C8H6N2O/c1-2-8(11-3-1)7-4-9-6-10-5-7/h1-6H. The summed E-state index contributed by atoms with van der Waals surface area (Å²) < 4.78 is 5.14. The Hall–Kier alpha value is -1.64. The number of aromatic nitrogens is 2. The van der Waals surface area contributed by atoms with Gasteiger partial charge in [-0.15, -0.1) is 0 Å². The van der Waals surface area contributed by atoms with Crippen LogP contribution in [0.5, 0.6) is 0 Å². The van der Waals surface area contributed by atoms with Crippen LogP contribution in [0.2, 0.25) is 0 Å². The molecule has 2 aromatic heterocycles. The summed E-state index contributed by atoms with van der Waals surface area (Å²) in [6.45, 7) is 0. The second kappa shape index (κ2) is 2.54. The van der Waals surface area contributed by atoms with Gasteiger partial charge in [-0.1, -0.05) is 0 Å². The number of hydrogen-bond donors (Lipinski definition) is 0. The van der Waals surface area contributed by atoms with Gasteiger partial charge in [0.05, 0.1) is 11.8 Å². The van der Waals surface area contributed by atoms with Crippen LogP contribution in [-0.2, 0) is 0 Å². The molecule has 0 aromatic carbocycles. The third-order valence-electron chi connectivity index (χ3n) is 1.37. The minimum Gasteiger partial charge on any atom is -0.464 e. The summed E-state index contributed by atoms with van der Waals surface area (Å²) in [5, 5.41) is 0. The van der Waals surface area contributed by atoms with Crippen LogP contribution in [0.4, 0.5) is 0 Å². The van der Waals surface area contributed by atoms with Gasteiger partial charge in [0, 0.05) is 12.4 Å². The predicted molar refractivity (Wildman–Crippen MR) is 39.7 cm³/mol. The first kappa shape index (κ1) is 6.09. The van der Waals surface area contributed by atoms with Gasteiger partial charge in [0.25, 0.3) is 0 Å². The van der Waals surface area contributed by atoms with Gasteiger partial charge in [-0.2, -0.15) is 0 Å². The number of hydrogen-bond acceptors (Lipinski definition) is 3. The van der Waals surface area contributed by atoms with Gasteiger partial charge in [-0.3, -0.25) is 0 Å². The molecule has 0 bridgehead atoms. The Kier molecular flexibility index (Phi) is 1.41. The van der Waals surface area contributed by atoms with Gasteiger partial charge < -0.3 is 4.42 Å². The predicted octanol–water partition coefficient (Wildman–Crippen LogP) is 1.74. The second-order valence-corrected chi connectivity index (χ2v) is 2.10. The quantitative estimate of drug-likeness (QED) is 0.615. The summed E-state index contributed by atoms with van der Waals surface area (Å²) in [4.78, 5) is 7.74. The highest BCUT2D eigenvalue weighted by molar-refractivity contribution is 5.53.